The number of methoxy groups -OCH3 is 3. The first-order chi connectivity index (χ1) is 14.1. The molecule has 0 atom stereocenters. The maximum absolute atomic E-state index is 11.9. The number of carboxylic acid groups (broad SMARTS) is 1. The Morgan fingerprint density at radius 2 is 1.72 bits per heavy atom. The number of nitrogens with one attached hydrogen (secondary N) is 1. The van der Waals surface area contributed by atoms with Gasteiger partial charge in [0.05, 0.1) is 21.3 Å². The van der Waals surface area contributed by atoms with Crippen molar-refractivity contribution in [1.82, 2.24) is 4.98 Å². The van der Waals surface area contributed by atoms with Crippen molar-refractivity contribution < 1.29 is 33.6 Å². The average molecular weight is 397 g/mol. The number of rotatable bonds is 6. The second-order valence-electron chi connectivity index (χ2n) is 6.21. The van der Waals surface area contributed by atoms with Crippen LogP contribution in [-0.4, -0.2) is 44.2 Å². The molecule has 1 aromatic heterocycles. The van der Waals surface area contributed by atoms with Crippen molar-refractivity contribution in [3.05, 3.63) is 42.2 Å². The number of carboxylic acids is 1. The van der Waals surface area contributed by atoms with Gasteiger partial charge >= 0.3 is 5.97 Å². The Labute approximate surface area is 166 Å². The summed E-state index contributed by atoms with van der Waals surface area (Å²) in [6.07, 6.45) is 1.65. The van der Waals surface area contributed by atoms with Crippen LogP contribution in [0.3, 0.4) is 0 Å². The highest BCUT2D eigenvalue weighted by molar-refractivity contribution is 6.02. The third-order valence-corrected chi connectivity index (χ3v) is 4.75. The van der Waals surface area contributed by atoms with Gasteiger partial charge in [-0.25, -0.2) is 4.79 Å². The van der Waals surface area contributed by atoms with Crippen LogP contribution in [0.5, 0.6) is 28.7 Å². The molecule has 2 aromatic carbocycles. The zero-order valence-corrected chi connectivity index (χ0v) is 16.1. The highest BCUT2D eigenvalue weighted by Gasteiger charge is 2.31. The molecule has 0 spiro atoms. The van der Waals surface area contributed by atoms with Crippen molar-refractivity contribution >= 4 is 5.97 Å². The van der Waals surface area contributed by atoms with Crippen molar-refractivity contribution in [2.24, 2.45) is 0 Å². The number of hydrogen-bond acceptors (Lipinski definition) is 6. The molecule has 0 aliphatic carbocycles. The zero-order chi connectivity index (χ0) is 20.5. The van der Waals surface area contributed by atoms with E-state index < -0.39 is 5.97 Å². The molecule has 2 N–H and O–H groups in total. The monoisotopic (exact) mass is 397 g/mol. The highest BCUT2D eigenvalue weighted by atomic mass is 16.7. The fourth-order valence-corrected chi connectivity index (χ4v) is 3.42. The molecule has 29 heavy (non-hydrogen) atoms. The van der Waals surface area contributed by atoms with Gasteiger partial charge in [-0.1, -0.05) is 12.1 Å². The molecular formula is C21H19NO7. The largest absolute Gasteiger partial charge is 0.497 e. The Bertz CT molecular complexity index is 1070. The fourth-order valence-electron chi connectivity index (χ4n) is 3.42. The molecule has 0 unspecified atom stereocenters. The van der Waals surface area contributed by atoms with E-state index >= 15 is 0 Å². The van der Waals surface area contributed by atoms with Crippen LogP contribution >= 0.6 is 0 Å². The SMILES string of the molecule is COc1ccc(-c2c[nH]c(C(=O)O)c2-c2cc(OC)c3c(c2OC)OCO3)cc1. The lowest BCUT2D eigenvalue weighted by Crippen LogP contribution is -2.01. The van der Waals surface area contributed by atoms with Crippen LogP contribution in [0.25, 0.3) is 22.3 Å². The first kappa shape index (κ1) is 18.5. The van der Waals surface area contributed by atoms with E-state index in [9.17, 15) is 9.90 Å². The van der Waals surface area contributed by atoms with E-state index in [1.54, 1.807) is 19.4 Å². The minimum Gasteiger partial charge on any atom is -0.497 e. The maximum atomic E-state index is 11.9. The van der Waals surface area contributed by atoms with Crippen LogP contribution in [-0.2, 0) is 0 Å². The third-order valence-electron chi connectivity index (χ3n) is 4.75. The summed E-state index contributed by atoms with van der Waals surface area (Å²) in [6.45, 7) is 0.0236. The molecule has 0 fully saturated rings. The predicted octanol–water partition coefficient (Wildman–Crippen LogP) is 3.80. The second-order valence-corrected chi connectivity index (χ2v) is 6.21. The lowest BCUT2D eigenvalue weighted by atomic mass is 9.95. The maximum Gasteiger partial charge on any atom is 0.352 e. The summed E-state index contributed by atoms with van der Waals surface area (Å²) in [5.41, 5.74) is 2.48. The number of carbonyl (C=O) groups is 1. The standard InChI is InChI=1S/C21H19NO7/c1-25-12-6-4-11(5-7-12)14-9-22-17(21(23)24)16(14)13-8-15(26-2)19-20(18(13)27-3)29-10-28-19/h4-9,22H,10H2,1-3H3,(H,23,24). The van der Waals surface area contributed by atoms with Crippen molar-refractivity contribution in [1.29, 1.82) is 0 Å². The van der Waals surface area contributed by atoms with Crippen molar-refractivity contribution in [3.8, 4) is 51.0 Å². The van der Waals surface area contributed by atoms with Crippen molar-refractivity contribution in [2.45, 2.75) is 0 Å². The van der Waals surface area contributed by atoms with Crippen LogP contribution in [0.1, 0.15) is 10.5 Å². The molecule has 2 heterocycles. The Morgan fingerprint density at radius 1 is 1.00 bits per heavy atom. The van der Waals surface area contributed by atoms with Gasteiger partial charge in [-0.05, 0) is 23.8 Å². The molecule has 8 heteroatoms. The average Bonchev–Trinajstić information content (AvgIpc) is 3.40. The molecule has 1 aliphatic heterocycles. The van der Waals surface area contributed by atoms with Crippen LogP contribution in [0.15, 0.2) is 36.5 Å². The zero-order valence-electron chi connectivity index (χ0n) is 16.1. The Morgan fingerprint density at radius 3 is 2.34 bits per heavy atom. The number of H-pyrrole nitrogens is 1. The van der Waals surface area contributed by atoms with Crippen molar-refractivity contribution in [3.63, 3.8) is 0 Å². The Hall–Kier alpha value is -3.81. The van der Waals surface area contributed by atoms with E-state index in [4.69, 9.17) is 23.7 Å². The van der Waals surface area contributed by atoms with Gasteiger partial charge in [0, 0.05) is 22.9 Å². The number of ether oxygens (including phenoxy) is 5. The molecule has 0 saturated carbocycles. The predicted molar refractivity (Wildman–Crippen MR) is 104 cm³/mol. The lowest BCUT2D eigenvalue weighted by Gasteiger charge is -2.15. The van der Waals surface area contributed by atoms with Gasteiger partial charge < -0.3 is 33.8 Å². The van der Waals surface area contributed by atoms with E-state index in [2.05, 4.69) is 4.98 Å². The minimum atomic E-state index is -1.10. The summed E-state index contributed by atoms with van der Waals surface area (Å²) in [7, 11) is 4.59. The smallest absolute Gasteiger partial charge is 0.352 e. The molecule has 4 rings (SSSR count). The van der Waals surface area contributed by atoms with E-state index in [-0.39, 0.29) is 12.5 Å². The van der Waals surface area contributed by atoms with Gasteiger partial charge in [0.2, 0.25) is 18.3 Å². The van der Waals surface area contributed by atoms with E-state index in [0.29, 0.717) is 45.4 Å². The second kappa shape index (κ2) is 7.31. The van der Waals surface area contributed by atoms with E-state index in [1.165, 1.54) is 14.2 Å². The van der Waals surface area contributed by atoms with Crippen LogP contribution in [0.4, 0.5) is 0 Å². The quantitative estimate of drug-likeness (QED) is 0.653. The molecule has 0 saturated heterocycles. The number of fused-ring (bicyclic) bond motifs is 1. The van der Waals surface area contributed by atoms with Gasteiger partial charge in [0.15, 0.2) is 11.5 Å². The van der Waals surface area contributed by atoms with Gasteiger partial charge in [-0.15, -0.1) is 0 Å². The lowest BCUT2D eigenvalue weighted by molar-refractivity contribution is 0.0692. The molecule has 0 radical (unpaired) electrons. The van der Waals surface area contributed by atoms with E-state index in [0.717, 1.165) is 5.56 Å². The first-order valence-corrected chi connectivity index (χ1v) is 8.73. The number of hydrogen-bond donors (Lipinski definition) is 2. The number of benzene rings is 2. The Balaban J connectivity index is 1.99. The van der Waals surface area contributed by atoms with Crippen LogP contribution in [0, 0.1) is 0 Å². The Kier molecular flexibility index (Phi) is 4.67. The van der Waals surface area contributed by atoms with Gasteiger partial charge in [0.25, 0.3) is 0 Å². The first-order valence-electron chi connectivity index (χ1n) is 8.73. The summed E-state index contributed by atoms with van der Waals surface area (Å²) in [4.78, 5) is 14.8. The van der Waals surface area contributed by atoms with Crippen LogP contribution in [0.2, 0.25) is 0 Å². The van der Waals surface area contributed by atoms with Gasteiger partial charge in [-0.3, -0.25) is 0 Å². The molecular weight excluding hydrogens is 378 g/mol. The fraction of sp³-hybridized carbons (Fsp3) is 0.190. The summed E-state index contributed by atoms with van der Waals surface area (Å²) < 4.78 is 27.3. The van der Waals surface area contributed by atoms with E-state index in [1.807, 2.05) is 24.3 Å². The molecule has 150 valence electrons. The molecule has 1 aliphatic rings. The summed E-state index contributed by atoms with van der Waals surface area (Å²) >= 11 is 0. The van der Waals surface area contributed by atoms with Gasteiger partial charge in [0.1, 0.15) is 11.4 Å². The number of aromatic nitrogens is 1. The summed E-state index contributed by atoms with van der Waals surface area (Å²) in [6, 6.07) is 9.02. The molecule has 0 bridgehead atoms. The normalized spacial score (nSPS) is 12.0. The number of aromatic amines is 1. The highest BCUT2D eigenvalue weighted by Crippen LogP contribution is 2.54. The minimum absolute atomic E-state index is 0.0232. The van der Waals surface area contributed by atoms with Gasteiger partial charge in [-0.2, -0.15) is 0 Å². The third kappa shape index (κ3) is 2.98. The summed E-state index contributed by atoms with van der Waals surface area (Å²) in [5.74, 6) is 1.19. The molecule has 8 nitrogen and oxygen atoms in total. The molecule has 3 aromatic rings. The van der Waals surface area contributed by atoms with Crippen molar-refractivity contribution in [2.75, 3.05) is 28.1 Å². The summed E-state index contributed by atoms with van der Waals surface area (Å²) in [5, 5.41) is 9.77. The number of aromatic carboxylic acids is 1. The van der Waals surface area contributed by atoms with Crippen LogP contribution < -0.4 is 23.7 Å². The topological polar surface area (TPSA) is 99.2 Å². The molecule has 0 amide bonds.